The van der Waals surface area contributed by atoms with Gasteiger partial charge >= 0.3 is 0 Å². The molecule has 0 fully saturated rings. The van der Waals surface area contributed by atoms with E-state index in [1.165, 1.54) is 0 Å². The molecule has 29 heavy (non-hydrogen) atoms. The summed E-state index contributed by atoms with van der Waals surface area (Å²) in [6, 6.07) is 23.0. The number of rotatable bonds is 8. The molecule has 148 valence electrons. The number of amides is 1. The van der Waals surface area contributed by atoms with E-state index in [-0.39, 0.29) is 12.5 Å². The first-order valence-electron chi connectivity index (χ1n) is 9.19. The maximum atomic E-state index is 12.0. The van der Waals surface area contributed by atoms with Crippen LogP contribution in [0.2, 0.25) is 5.02 Å². The third kappa shape index (κ3) is 6.36. The second-order valence-electron chi connectivity index (χ2n) is 6.41. The molecule has 0 aromatic heterocycles. The number of nitrogens with one attached hydrogen (secondary N) is 2. The minimum Gasteiger partial charge on any atom is -0.489 e. The molecule has 0 aliphatic rings. The van der Waals surface area contributed by atoms with Crippen molar-refractivity contribution >= 4 is 29.4 Å². The number of hydrogen-bond acceptors (Lipinski definition) is 4. The SMILES string of the molecule is Cc1c(Cl)cccc1NCC(=O)N/N=C\c1cccc(OCc2ccccc2)c1. The van der Waals surface area contributed by atoms with Crippen LogP contribution < -0.4 is 15.5 Å². The summed E-state index contributed by atoms with van der Waals surface area (Å²) in [6.45, 7) is 2.49. The van der Waals surface area contributed by atoms with Gasteiger partial charge in [-0.25, -0.2) is 5.43 Å². The lowest BCUT2D eigenvalue weighted by atomic mass is 10.2. The molecule has 3 rings (SSSR count). The van der Waals surface area contributed by atoms with E-state index in [1.807, 2.05) is 79.7 Å². The van der Waals surface area contributed by atoms with Crippen molar-refractivity contribution in [1.29, 1.82) is 0 Å². The van der Waals surface area contributed by atoms with E-state index >= 15 is 0 Å². The fraction of sp³-hybridized carbons (Fsp3) is 0.130. The first kappa shape index (κ1) is 20.4. The molecule has 3 aromatic carbocycles. The lowest BCUT2D eigenvalue weighted by Crippen LogP contribution is -2.26. The normalized spacial score (nSPS) is 10.7. The summed E-state index contributed by atoms with van der Waals surface area (Å²) < 4.78 is 5.80. The lowest BCUT2D eigenvalue weighted by Gasteiger charge is -2.09. The third-order valence-corrected chi connectivity index (χ3v) is 4.63. The predicted molar refractivity (Wildman–Crippen MR) is 118 cm³/mol. The summed E-state index contributed by atoms with van der Waals surface area (Å²) >= 11 is 6.08. The average molecular weight is 408 g/mol. The molecule has 0 heterocycles. The number of halogens is 1. The Bertz CT molecular complexity index is 990. The molecular formula is C23H22ClN3O2. The highest BCUT2D eigenvalue weighted by Gasteiger charge is 2.04. The minimum absolute atomic E-state index is 0.0960. The molecule has 0 radical (unpaired) electrons. The number of hydrogen-bond donors (Lipinski definition) is 2. The summed E-state index contributed by atoms with van der Waals surface area (Å²) in [5, 5.41) is 7.72. The summed E-state index contributed by atoms with van der Waals surface area (Å²) in [5.41, 5.74) is 6.15. The zero-order valence-electron chi connectivity index (χ0n) is 16.1. The molecule has 1 amide bonds. The van der Waals surface area contributed by atoms with Gasteiger partial charge in [-0.3, -0.25) is 4.79 Å². The van der Waals surface area contributed by atoms with Crippen molar-refractivity contribution in [3.63, 3.8) is 0 Å². The highest BCUT2D eigenvalue weighted by atomic mass is 35.5. The second-order valence-corrected chi connectivity index (χ2v) is 6.81. The van der Waals surface area contributed by atoms with Crippen molar-refractivity contribution in [3.05, 3.63) is 94.5 Å². The molecule has 0 aliphatic heterocycles. The molecular weight excluding hydrogens is 386 g/mol. The number of hydrazone groups is 1. The Kier molecular flexibility index (Phi) is 7.25. The maximum Gasteiger partial charge on any atom is 0.259 e. The van der Waals surface area contributed by atoms with E-state index in [2.05, 4.69) is 15.8 Å². The van der Waals surface area contributed by atoms with Crippen molar-refractivity contribution in [3.8, 4) is 5.75 Å². The highest BCUT2D eigenvalue weighted by Crippen LogP contribution is 2.22. The van der Waals surface area contributed by atoms with Gasteiger partial charge in [0.25, 0.3) is 5.91 Å². The first-order chi connectivity index (χ1) is 14.1. The summed E-state index contributed by atoms with van der Waals surface area (Å²) in [4.78, 5) is 12.0. The van der Waals surface area contributed by atoms with E-state index in [1.54, 1.807) is 6.21 Å². The molecule has 2 N–H and O–H groups in total. The van der Waals surface area contributed by atoms with Gasteiger partial charge in [0.1, 0.15) is 12.4 Å². The summed E-state index contributed by atoms with van der Waals surface area (Å²) in [7, 11) is 0. The van der Waals surface area contributed by atoms with Gasteiger partial charge in [0.15, 0.2) is 0 Å². The average Bonchev–Trinajstić information content (AvgIpc) is 2.74. The van der Waals surface area contributed by atoms with Crippen LogP contribution in [0, 0.1) is 6.92 Å². The number of anilines is 1. The number of ether oxygens (including phenoxy) is 1. The lowest BCUT2D eigenvalue weighted by molar-refractivity contribution is -0.119. The van der Waals surface area contributed by atoms with Crippen LogP contribution in [0.25, 0.3) is 0 Å². The molecule has 3 aromatic rings. The Morgan fingerprint density at radius 3 is 2.69 bits per heavy atom. The Morgan fingerprint density at radius 1 is 1.07 bits per heavy atom. The molecule has 6 heteroatoms. The van der Waals surface area contributed by atoms with Crippen molar-refractivity contribution in [2.75, 3.05) is 11.9 Å². The Labute approximate surface area is 175 Å². The third-order valence-electron chi connectivity index (χ3n) is 4.22. The second kappa shape index (κ2) is 10.3. The van der Waals surface area contributed by atoms with Crippen LogP contribution in [-0.2, 0) is 11.4 Å². The molecule has 0 saturated heterocycles. The highest BCUT2D eigenvalue weighted by molar-refractivity contribution is 6.31. The fourth-order valence-electron chi connectivity index (χ4n) is 2.62. The number of benzene rings is 3. The monoisotopic (exact) mass is 407 g/mol. The number of nitrogens with zero attached hydrogens (tertiary/aromatic N) is 1. The maximum absolute atomic E-state index is 12.0. The van der Waals surface area contributed by atoms with Gasteiger partial charge in [0.2, 0.25) is 0 Å². The van der Waals surface area contributed by atoms with Crippen LogP contribution in [0.3, 0.4) is 0 Å². The van der Waals surface area contributed by atoms with Crippen molar-refractivity contribution in [1.82, 2.24) is 5.43 Å². The van der Waals surface area contributed by atoms with Gasteiger partial charge in [-0.1, -0.05) is 60.1 Å². The number of carbonyl (C=O) groups is 1. The number of carbonyl (C=O) groups excluding carboxylic acids is 1. The zero-order valence-corrected chi connectivity index (χ0v) is 16.8. The van der Waals surface area contributed by atoms with Gasteiger partial charge in [0.05, 0.1) is 12.8 Å². The van der Waals surface area contributed by atoms with Gasteiger partial charge in [-0.15, -0.1) is 0 Å². The van der Waals surface area contributed by atoms with E-state index in [4.69, 9.17) is 16.3 Å². The van der Waals surface area contributed by atoms with Crippen LogP contribution in [0.15, 0.2) is 77.9 Å². The molecule has 0 bridgehead atoms. The summed E-state index contributed by atoms with van der Waals surface area (Å²) in [5.74, 6) is 0.485. The van der Waals surface area contributed by atoms with E-state index < -0.39 is 0 Å². The van der Waals surface area contributed by atoms with Crippen LogP contribution in [0.1, 0.15) is 16.7 Å². The van der Waals surface area contributed by atoms with E-state index in [9.17, 15) is 4.79 Å². The largest absolute Gasteiger partial charge is 0.489 e. The molecule has 0 unspecified atom stereocenters. The summed E-state index contributed by atoms with van der Waals surface area (Å²) in [6.07, 6.45) is 1.58. The van der Waals surface area contributed by atoms with Crippen LogP contribution in [-0.4, -0.2) is 18.7 Å². The van der Waals surface area contributed by atoms with Crippen LogP contribution in [0.5, 0.6) is 5.75 Å². The smallest absolute Gasteiger partial charge is 0.259 e. The quantitative estimate of drug-likeness (QED) is 0.417. The van der Waals surface area contributed by atoms with Gasteiger partial charge in [0, 0.05) is 10.7 Å². The molecule has 0 aliphatic carbocycles. The molecule has 0 spiro atoms. The molecule has 0 atom stereocenters. The molecule has 5 nitrogen and oxygen atoms in total. The van der Waals surface area contributed by atoms with Crippen LogP contribution in [0.4, 0.5) is 5.69 Å². The van der Waals surface area contributed by atoms with Crippen molar-refractivity contribution < 1.29 is 9.53 Å². The first-order valence-corrected chi connectivity index (χ1v) is 9.57. The fourth-order valence-corrected chi connectivity index (χ4v) is 2.79. The Hall–Kier alpha value is -3.31. The topological polar surface area (TPSA) is 62.7 Å². The van der Waals surface area contributed by atoms with Crippen molar-refractivity contribution in [2.24, 2.45) is 5.10 Å². The zero-order chi connectivity index (χ0) is 20.5. The predicted octanol–water partition coefficient (Wildman–Crippen LogP) is 4.79. The van der Waals surface area contributed by atoms with Gasteiger partial charge in [-0.05, 0) is 47.9 Å². The van der Waals surface area contributed by atoms with Gasteiger partial charge in [-0.2, -0.15) is 5.10 Å². The molecule has 0 saturated carbocycles. The van der Waals surface area contributed by atoms with Gasteiger partial charge < -0.3 is 10.1 Å². The Balaban J connectivity index is 1.48. The Morgan fingerprint density at radius 2 is 1.86 bits per heavy atom. The van der Waals surface area contributed by atoms with Crippen molar-refractivity contribution in [2.45, 2.75) is 13.5 Å². The minimum atomic E-state index is -0.253. The van der Waals surface area contributed by atoms with E-state index in [0.29, 0.717) is 11.6 Å². The standard InChI is InChI=1S/C23H22ClN3O2/c1-17-21(24)11-6-12-22(17)25-15-23(28)27-26-14-19-9-5-10-20(13-19)29-16-18-7-3-2-4-8-18/h2-14,25H,15-16H2,1H3,(H,27,28)/b26-14-. The van der Waals surface area contributed by atoms with Crippen LogP contribution >= 0.6 is 11.6 Å². The van der Waals surface area contributed by atoms with E-state index in [0.717, 1.165) is 28.1 Å².